The number of aromatic nitrogens is 2. The molecule has 0 amide bonds. The Kier molecular flexibility index (Phi) is 3.78. The second-order valence-corrected chi connectivity index (χ2v) is 5.59. The monoisotopic (exact) mass is 291 g/mol. The highest BCUT2D eigenvalue weighted by atomic mass is 35.5. The summed E-state index contributed by atoms with van der Waals surface area (Å²) in [6, 6.07) is 8.00. The molecular formula is C15H18ClN3O. The van der Waals surface area contributed by atoms with Crippen LogP contribution in [-0.4, -0.2) is 29.7 Å². The van der Waals surface area contributed by atoms with Gasteiger partial charge in [0.05, 0.1) is 17.8 Å². The van der Waals surface area contributed by atoms with Crippen molar-refractivity contribution in [3.63, 3.8) is 0 Å². The van der Waals surface area contributed by atoms with Gasteiger partial charge in [-0.2, -0.15) is 0 Å². The number of ether oxygens (including phenoxy) is 1. The number of hydrogen-bond donors (Lipinski definition) is 2. The third-order valence-corrected chi connectivity index (χ3v) is 4.03. The van der Waals surface area contributed by atoms with Gasteiger partial charge in [-0.1, -0.05) is 23.7 Å². The van der Waals surface area contributed by atoms with Gasteiger partial charge in [-0.3, -0.25) is 0 Å². The van der Waals surface area contributed by atoms with Crippen LogP contribution in [-0.2, 0) is 4.74 Å². The molecule has 4 nitrogen and oxygen atoms in total. The average Bonchev–Trinajstić information content (AvgIpc) is 3.06. The third kappa shape index (κ3) is 2.59. The molecule has 3 rings (SSSR count). The van der Waals surface area contributed by atoms with Crippen molar-refractivity contribution in [1.29, 1.82) is 0 Å². The van der Waals surface area contributed by atoms with Crippen LogP contribution in [0.1, 0.15) is 24.0 Å². The number of H-pyrrole nitrogens is 1. The molecule has 2 N–H and O–H groups in total. The molecule has 2 aromatic rings. The minimum Gasteiger partial charge on any atom is -0.380 e. The summed E-state index contributed by atoms with van der Waals surface area (Å²) in [7, 11) is 1.75. The van der Waals surface area contributed by atoms with Crippen LogP contribution in [0.25, 0.3) is 11.3 Å². The molecule has 2 unspecified atom stereocenters. The molecule has 0 aliphatic carbocycles. The van der Waals surface area contributed by atoms with Crippen LogP contribution in [0.2, 0.25) is 5.02 Å². The highest BCUT2D eigenvalue weighted by Crippen LogP contribution is 2.28. The van der Waals surface area contributed by atoms with E-state index in [1.54, 1.807) is 7.11 Å². The van der Waals surface area contributed by atoms with Crippen molar-refractivity contribution >= 4 is 11.6 Å². The van der Waals surface area contributed by atoms with Crippen LogP contribution in [0.4, 0.5) is 0 Å². The Hall–Kier alpha value is -1.36. The highest BCUT2D eigenvalue weighted by Gasteiger charge is 2.27. The van der Waals surface area contributed by atoms with Crippen molar-refractivity contribution in [3.05, 3.63) is 40.8 Å². The van der Waals surface area contributed by atoms with Crippen LogP contribution in [0, 0.1) is 6.92 Å². The lowest BCUT2D eigenvalue weighted by atomic mass is 10.1. The molecule has 2 atom stereocenters. The molecule has 1 fully saturated rings. The number of imidazole rings is 1. The zero-order chi connectivity index (χ0) is 14.1. The minimum absolute atomic E-state index is 0.236. The molecule has 1 aromatic carbocycles. The number of nitrogens with one attached hydrogen (secondary N) is 2. The van der Waals surface area contributed by atoms with E-state index in [0.717, 1.165) is 40.8 Å². The van der Waals surface area contributed by atoms with Gasteiger partial charge in [0.1, 0.15) is 5.82 Å². The number of rotatable bonds is 3. The molecule has 1 saturated heterocycles. The standard InChI is InChI=1S/C15H18ClN3O/c1-9-14(10-3-5-11(16)6-4-10)19-15(18-9)13-7-12(20-2)8-17-13/h3-6,12-13,17H,7-8H2,1-2H3,(H,18,19). The second-order valence-electron chi connectivity index (χ2n) is 5.16. The van der Waals surface area contributed by atoms with E-state index in [9.17, 15) is 0 Å². The van der Waals surface area contributed by atoms with Gasteiger partial charge >= 0.3 is 0 Å². The highest BCUT2D eigenvalue weighted by molar-refractivity contribution is 6.30. The summed E-state index contributed by atoms with van der Waals surface area (Å²) in [5, 5.41) is 4.17. The fraction of sp³-hybridized carbons (Fsp3) is 0.400. The largest absolute Gasteiger partial charge is 0.380 e. The summed E-state index contributed by atoms with van der Waals surface area (Å²) >= 11 is 5.93. The number of benzene rings is 1. The maximum absolute atomic E-state index is 5.93. The molecule has 1 aliphatic heterocycles. The Morgan fingerprint density at radius 2 is 2.05 bits per heavy atom. The van der Waals surface area contributed by atoms with Crippen molar-refractivity contribution in [3.8, 4) is 11.3 Å². The quantitative estimate of drug-likeness (QED) is 0.914. The molecule has 20 heavy (non-hydrogen) atoms. The van der Waals surface area contributed by atoms with E-state index in [0.29, 0.717) is 0 Å². The molecular weight excluding hydrogens is 274 g/mol. The number of methoxy groups -OCH3 is 1. The van der Waals surface area contributed by atoms with Gasteiger partial charge in [0.2, 0.25) is 0 Å². The molecule has 1 aromatic heterocycles. The van der Waals surface area contributed by atoms with Gasteiger partial charge in [-0.25, -0.2) is 4.98 Å². The summed E-state index contributed by atoms with van der Waals surface area (Å²) in [6.45, 7) is 2.92. The van der Waals surface area contributed by atoms with Gasteiger partial charge in [0.25, 0.3) is 0 Å². The summed E-state index contributed by atoms with van der Waals surface area (Å²) in [4.78, 5) is 8.13. The van der Waals surface area contributed by atoms with Crippen molar-refractivity contribution in [2.75, 3.05) is 13.7 Å². The lowest BCUT2D eigenvalue weighted by Gasteiger charge is -2.06. The zero-order valence-corrected chi connectivity index (χ0v) is 12.4. The average molecular weight is 292 g/mol. The zero-order valence-electron chi connectivity index (χ0n) is 11.6. The number of halogens is 1. The molecule has 1 aliphatic rings. The summed E-state index contributed by atoms with van der Waals surface area (Å²) < 4.78 is 5.38. The SMILES string of the molecule is COC1CNC(c2nc(-c3ccc(Cl)cc3)c(C)[nH]2)C1. The first-order valence-corrected chi connectivity index (χ1v) is 7.14. The van der Waals surface area contributed by atoms with E-state index in [2.05, 4.69) is 10.3 Å². The Balaban J connectivity index is 1.86. The van der Waals surface area contributed by atoms with Gasteiger partial charge in [-0.05, 0) is 25.5 Å². The summed E-state index contributed by atoms with van der Waals surface area (Å²) in [5.74, 6) is 0.979. The predicted octanol–water partition coefficient (Wildman–Crippen LogP) is 3.09. The normalized spacial score (nSPS) is 22.4. The maximum Gasteiger partial charge on any atom is 0.124 e. The Morgan fingerprint density at radius 1 is 1.30 bits per heavy atom. The van der Waals surface area contributed by atoms with E-state index in [4.69, 9.17) is 21.3 Å². The predicted molar refractivity (Wildman–Crippen MR) is 79.9 cm³/mol. The first kappa shape index (κ1) is 13.6. The van der Waals surface area contributed by atoms with Crippen LogP contribution in [0.3, 0.4) is 0 Å². The van der Waals surface area contributed by atoms with E-state index in [1.807, 2.05) is 31.2 Å². The summed E-state index contributed by atoms with van der Waals surface area (Å²) in [6.07, 6.45) is 1.22. The van der Waals surface area contributed by atoms with Gasteiger partial charge in [0, 0.05) is 29.9 Å². The van der Waals surface area contributed by atoms with Crippen LogP contribution in [0.15, 0.2) is 24.3 Å². The van der Waals surface area contributed by atoms with Crippen molar-refractivity contribution < 1.29 is 4.74 Å². The Bertz CT molecular complexity index is 594. The molecule has 0 bridgehead atoms. The fourth-order valence-electron chi connectivity index (χ4n) is 2.63. The lowest BCUT2D eigenvalue weighted by molar-refractivity contribution is 0.117. The smallest absolute Gasteiger partial charge is 0.124 e. The minimum atomic E-state index is 0.236. The van der Waals surface area contributed by atoms with E-state index in [-0.39, 0.29) is 12.1 Å². The van der Waals surface area contributed by atoms with Crippen LogP contribution >= 0.6 is 11.6 Å². The molecule has 5 heteroatoms. The van der Waals surface area contributed by atoms with E-state index >= 15 is 0 Å². The number of aryl methyl sites for hydroxylation is 1. The van der Waals surface area contributed by atoms with Gasteiger partial charge in [0.15, 0.2) is 0 Å². The van der Waals surface area contributed by atoms with Crippen molar-refractivity contribution in [1.82, 2.24) is 15.3 Å². The number of nitrogens with zero attached hydrogens (tertiary/aromatic N) is 1. The fourth-order valence-corrected chi connectivity index (χ4v) is 2.75. The van der Waals surface area contributed by atoms with E-state index < -0.39 is 0 Å². The Labute approximate surface area is 123 Å². The summed E-state index contributed by atoms with van der Waals surface area (Å²) in [5.41, 5.74) is 3.14. The topological polar surface area (TPSA) is 49.9 Å². The van der Waals surface area contributed by atoms with E-state index in [1.165, 1.54) is 0 Å². The molecule has 0 radical (unpaired) electrons. The van der Waals surface area contributed by atoms with Gasteiger partial charge < -0.3 is 15.0 Å². The van der Waals surface area contributed by atoms with Crippen LogP contribution in [0.5, 0.6) is 0 Å². The van der Waals surface area contributed by atoms with Crippen LogP contribution < -0.4 is 5.32 Å². The van der Waals surface area contributed by atoms with Gasteiger partial charge in [-0.15, -0.1) is 0 Å². The number of hydrogen-bond acceptors (Lipinski definition) is 3. The molecule has 106 valence electrons. The van der Waals surface area contributed by atoms with Crippen molar-refractivity contribution in [2.45, 2.75) is 25.5 Å². The molecule has 0 spiro atoms. The molecule has 0 saturated carbocycles. The first-order chi connectivity index (χ1) is 9.67. The lowest BCUT2D eigenvalue weighted by Crippen LogP contribution is -2.16. The Morgan fingerprint density at radius 3 is 2.70 bits per heavy atom. The maximum atomic E-state index is 5.93. The molecule has 2 heterocycles. The first-order valence-electron chi connectivity index (χ1n) is 6.76. The third-order valence-electron chi connectivity index (χ3n) is 3.77. The second kappa shape index (κ2) is 5.56. The number of aromatic amines is 1. The van der Waals surface area contributed by atoms with Crippen molar-refractivity contribution in [2.24, 2.45) is 0 Å².